The van der Waals surface area contributed by atoms with Crippen LogP contribution >= 0.6 is 0 Å². The van der Waals surface area contributed by atoms with Crippen molar-refractivity contribution >= 4 is 9.84 Å². The SMILES string of the molecule is O=S(=O)(c1ccccc1)[C@@H]1O[C@H]1c1ccccc1C(F)(F)F. The second-order valence-corrected chi connectivity index (χ2v) is 6.89. The molecule has 3 nitrogen and oxygen atoms in total. The number of halogens is 3. The van der Waals surface area contributed by atoms with E-state index < -0.39 is 33.1 Å². The smallest absolute Gasteiger partial charge is 0.347 e. The van der Waals surface area contributed by atoms with Gasteiger partial charge in [0.15, 0.2) is 5.44 Å². The third-order valence-corrected chi connectivity index (χ3v) is 5.30. The fourth-order valence-corrected chi connectivity index (χ4v) is 3.85. The van der Waals surface area contributed by atoms with E-state index in [2.05, 4.69) is 0 Å². The van der Waals surface area contributed by atoms with Gasteiger partial charge < -0.3 is 4.74 Å². The Morgan fingerprint density at radius 2 is 1.50 bits per heavy atom. The maximum absolute atomic E-state index is 13.0. The van der Waals surface area contributed by atoms with Crippen LogP contribution in [0.25, 0.3) is 0 Å². The Balaban J connectivity index is 1.93. The van der Waals surface area contributed by atoms with E-state index in [-0.39, 0.29) is 10.5 Å². The molecule has 1 aliphatic rings. The van der Waals surface area contributed by atoms with Gasteiger partial charge in [-0.3, -0.25) is 0 Å². The van der Waals surface area contributed by atoms with Crippen molar-refractivity contribution in [1.82, 2.24) is 0 Å². The van der Waals surface area contributed by atoms with E-state index in [1.165, 1.54) is 30.3 Å². The molecule has 1 aliphatic heterocycles. The van der Waals surface area contributed by atoms with E-state index in [0.717, 1.165) is 6.07 Å². The summed E-state index contributed by atoms with van der Waals surface area (Å²) in [7, 11) is -3.81. The lowest BCUT2D eigenvalue weighted by molar-refractivity contribution is -0.138. The molecule has 0 amide bonds. The molecule has 0 bridgehead atoms. The maximum Gasteiger partial charge on any atom is 0.416 e. The zero-order valence-electron chi connectivity index (χ0n) is 11.1. The van der Waals surface area contributed by atoms with Crippen molar-refractivity contribution in [2.24, 2.45) is 0 Å². The van der Waals surface area contributed by atoms with Gasteiger partial charge in [0, 0.05) is 0 Å². The topological polar surface area (TPSA) is 46.7 Å². The summed E-state index contributed by atoms with van der Waals surface area (Å²) in [4.78, 5) is 0.0342. The van der Waals surface area contributed by atoms with Gasteiger partial charge in [-0.15, -0.1) is 0 Å². The van der Waals surface area contributed by atoms with Gasteiger partial charge in [-0.1, -0.05) is 36.4 Å². The number of hydrogen-bond donors (Lipinski definition) is 0. The van der Waals surface area contributed by atoms with Gasteiger partial charge in [-0.05, 0) is 23.8 Å². The van der Waals surface area contributed by atoms with E-state index in [1.54, 1.807) is 18.2 Å². The molecule has 116 valence electrons. The largest absolute Gasteiger partial charge is 0.416 e. The summed E-state index contributed by atoms with van der Waals surface area (Å²) in [6, 6.07) is 12.4. The molecular weight excluding hydrogens is 317 g/mol. The zero-order valence-corrected chi connectivity index (χ0v) is 11.9. The van der Waals surface area contributed by atoms with Crippen molar-refractivity contribution in [2.75, 3.05) is 0 Å². The number of sulfone groups is 1. The number of epoxide rings is 1. The highest BCUT2D eigenvalue weighted by Crippen LogP contribution is 2.48. The quantitative estimate of drug-likeness (QED) is 0.809. The lowest BCUT2D eigenvalue weighted by Gasteiger charge is -2.10. The van der Waals surface area contributed by atoms with Gasteiger partial charge >= 0.3 is 6.18 Å². The number of hydrogen-bond acceptors (Lipinski definition) is 3. The maximum atomic E-state index is 13.0. The predicted molar refractivity (Wildman–Crippen MR) is 72.7 cm³/mol. The third-order valence-electron chi connectivity index (χ3n) is 3.40. The van der Waals surface area contributed by atoms with Crippen LogP contribution in [0, 0.1) is 0 Å². The number of ether oxygens (including phenoxy) is 1. The predicted octanol–water partition coefficient (Wildman–Crippen LogP) is 3.58. The Kier molecular flexibility index (Phi) is 3.49. The third kappa shape index (κ3) is 2.62. The lowest BCUT2D eigenvalue weighted by Crippen LogP contribution is -2.12. The minimum atomic E-state index is -4.55. The fraction of sp³-hybridized carbons (Fsp3) is 0.200. The van der Waals surface area contributed by atoms with E-state index in [1.807, 2.05) is 0 Å². The minimum Gasteiger partial charge on any atom is -0.347 e. The van der Waals surface area contributed by atoms with E-state index in [0.29, 0.717) is 0 Å². The molecular formula is C15H11F3O3S. The average Bonchev–Trinajstić information content (AvgIpc) is 3.28. The lowest BCUT2D eigenvalue weighted by atomic mass is 10.0. The van der Waals surface area contributed by atoms with E-state index >= 15 is 0 Å². The highest BCUT2D eigenvalue weighted by molar-refractivity contribution is 7.92. The highest BCUT2D eigenvalue weighted by Gasteiger charge is 2.53. The highest BCUT2D eigenvalue weighted by atomic mass is 32.2. The molecule has 3 rings (SSSR count). The molecule has 1 saturated heterocycles. The van der Waals surface area contributed by atoms with Crippen LogP contribution in [-0.2, 0) is 20.8 Å². The monoisotopic (exact) mass is 328 g/mol. The van der Waals surface area contributed by atoms with Crippen molar-refractivity contribution < 1.29 is 26.3 Å². The zero-order chi connectivity index (χ0) is 16.0. The molecule has 22 heavy (non-hydrogen) atoms. The molecule has 0 radical (unpaired) electrons. The number of alkyl halides is 3. The first-order chi connectivity index (χ1) is 10.3. The van der Waals surface area contributed by atoms with Crippen LogP contribution in [0.1, 0.15) is 17.2 Å². The Bertz CT molecular complexity index is 785. The van der Waals surface area contributed by atoms with E-state index in [4.69, 9.17) is 4.74 Å². The summed E-state index contributed by atoms with van der Waals surface area (Å²) >= 11 is 0. The molecule has 0 unspecified atom stereocenters. The van der Waals surface area contributed by atoms with Gasteiger partial charge in [0.25, 0.3) is 0 Å². The minimum absolute atomic E-state index is 0.0342. The first kappa shape index (κ1) is 15.1. The summed E-state index contributed by atoms with van der Waals surface area (Å²) in [6.45, 7) is 0. The molecule has 7 heteroatoms. The van der Waals surface area contributed by atoms with Gasteiger partial charge in [0.1, 0.15) is 6.10 Å². The molecule has 0 aliphatic carbocycles. The molecule has 2 atom stereocenters. The second-order valence-electron chi connectivity index (χ2n) is 4.87. The van der Waals surface area contributed by atoms with Crippen LogP contribution in [0.3, 0.4) is 0 Å². The molecule has 0 saturated carbocycles. The molecule has 0 spiro atoms. The molecule has 2 aromatic rings. The van der Waals surface area contributed by atoms with E-state index in [9.17, 15) is 21.6 Å². The number of benzene rings is 2. The summed E-state index contributed by atoms with van der Waals surface area (Å²) < 4.78 is 68.7. The van der Waals surface area contributed by atoms with Crippen LogP contribution in [0.4, 0.5) is 13.2 Å². The summed E-state index contributed by atoms with van der Waals surface area (Å²) in [5.41, 5.74) is -2.30. The van der Waals surface area contributed by atoms with Crippen molar-refractivity contribution in [3.8, 4) is 0 Å². The summed E-state index contributed by atoms with van der Waals surface area (Å²) in [5, 5.41) is 0. The summed E-state index contributed by atoms with van der Waals surface area (Å²) in [6.07, 6.45) is -5.65. The van der Waals surface area contributed by atoms with Gasteiger partial charge in [-0.2, -0.15) is 13.2 Å². The standard InChI is InChI=1S/C15H11F3O3S/c16-15(17,18)12-9-5-4-8-11(12)13-14(21-13)22(19,20)10-6-2-1-3-7-10/h1-9,13-14H/t13-,14-/m0/s1. The van der Waals surface area contributed by atoms with Gasteiger partial charge in [0.2, 0.25) is 9.84 Å². The molecule has 1 heterocycles. The van der Waals surface area contributed by atoms with Crippen LogP contribution in [-0.4, -0.2) is 13.9 Å². The second kappa shape index (κ2) is 5.10. The van der Waals surface area contributed by atoms with Crippen LogP contribution in [0.5, 0.6) is 0 Å². The molecule has 2 aromatic carbocycles. The Morgan fingerprint density at radius 3 is 2.14 bits per heavy atom. The van der Waals surface area contributed by atoms with Crippen LogP contribution < -0.4 is 0 Å². The molecule has 0 aromatic heterocycles. The molecule has 0 N–H and O–H groups in total. The van der Waals surface area contributed by atoms with Gasteiger partial charge in [-0.25, -0.2) is 8.42 Å². The average molecular weight is 328 g/mol. The normalized spacial score (nSPS) is 21.6. The van der Waals surface area contributed by atoms with Crippen LogP contribution in [0.2, 0.25) is 0 Å². The Hall–Kier alpha value is -1.86. The first-order valence-electron chi connectivity index (χ1n) is 6.42. The fourth-order valence-electron chi connectivity index (χ4n) is 2.30. The first-order valence-corrected chi connectivity index (χ1v) is 7.97. The summed E-state index contributed by atoms with van der Waals surface area (Å²) in [5.74, 6) is 0. The van der Waals surface area contributed by atoms with Crippen LogP contribution in [0.15, 0.2) is 59.5 Å². The molecule has 1 fully saturated rings. The number of rotatable bonds is 3. The van der Waals surface area contributed by atoms with Crippen molar-refractivity contribution in [1.29, 1.82) is 0 Å². The van der Waals surface area contributed by atoms with Crippen molar-refractivity contribution in [3.05, 3.63) is 65.7 Å². The van der Waals surface area contributed by atoms with Crippen molar-refractivity contribution in [3.63, 3.8) is 0 Å². The Labute approximate surface area is 125 Å². The van der Waals surface area contributed by atoms with Crippen molar-refractivity contribution in [2.45, 2.75) is 22.6 Å². The Morgan fingerprint density at radius 1 is 0.909 bits per heavy atom. The van der Waals surface area contributed by atoms with Gasteiger partial charge in [0.05, 0.1) is 10.5 Å².